The van der Waals surface area contributed by atoms with E-state index in [0.29, 0.717) is 35.5 Å². The Balaban J connectivity index is 0.922. The number of rotatable bonds is 5. The highest BCUT2D eigenvalue weighted by molar-refractivity contribution is 7.16. The number of fused-ring (bicyclic) bond motifs is 1. The topological polar surface area (TPSA) is 71.5 Å². The summed E-state index contributed by atoms with van der Waals surface area (Å²) in [7, 11) is 0. The van der Waals surface area contributed by atoms with E-state index in [0.717, 1.165) is 28.8 Å². The minimum absolute atomic E-state index is 0.0819. The van der Waals surface area contributed by atoms with E-state index in [9.17, 15) is 9.90 Å². The quantitative estimate of drug-likeness (QED) is 0.798. The van der Waals surface area contributed by atoms with E-state index in [1.165, 1.54) is 0 Å². The molecule has 5 nitrogen and oxygen atoms in total. The van der Waals surface area contributed by atoms with Crippen LogP contribution in [0.25, 0.3) is 10.2 Å². The van der Waals surface area contributed by atoms with Crippen molar-refractivity contribution in [2.75, 3.05) is 0 Å². The van der Waals surface area contributed by atoms with Gasteiger partial charge in [0.15, 0.2) is 0 Å². The summed E-state index contributed by atoms with van der Waals surface area (Å²) < 4.78 is 7.29. The van der Waals surface area contributed by atoms with Crippen molar-refractivity contribution in [3.63, 3.8) is 0 Å². The second kappa shape index (κ2) is 4.35. The van der Waals surface area contributed by atoms with E-state index in [4.69, 9.17) is 4.74 Å². The summed E-state index contributed by atoms with van der Waals surface area (Å²) in [5.74, 6) is 5.18. The van der Waals surface area contributed by atoms with E-state index >= 15 is 0 Å². The number of benzene rings is 1. The first-order valence-corrected chi connectivity index (χ1v) is 11.8. The molecule has 2 N–H and O–H groups in total. The van der Waals surface area contributed by atoms with Crippen molar-refractivity contribution in [1.82, 2.24) is 10.3 Å². The number of para-hydroxylation sites is 1. The number of hydrogen-bond donors (Lipinski definition) is 2. The maximum atomic E-state index is 12.9. The minimum Gasteiger partial charge on any atom is -0.488 e. The number of nitrogens with zero attached hydrogens (tertiary/aromatic N) is 1. The maximum absolute atomic E-state index is 12.9. The number of amides is 1. The van der Waals surface area contributed by atoms with Gasteiger partial charge in [-0.05, 0) is 74.3 Å². The van der Waals surface area contributed by atoms with E-state index in [-0.39, 0.29) is 28.9 Å². The van der Waals surface area contributed by atoms with Crippen molar-refractivity contribution in [2.24, 2.45) is 46.8 Å². The van der Waals surface area contributed by atoms with Crippen LogP contribution < -0.4 is 10.1 Å². The molecule has 29 heavy (non-hydrogen) atoms. The molecule has 1 amide bonds. The summed E-state index contributed by atoms with van der Waals surface area (Å²) in [6.45, 7) is 4.00. The lowest BCUT2D eigenvalue weighted by Gasteiger charge is -3.12. The van der Waals surface area contributed by atoms with Crippen molar-refractivity contribution < 1.29 is 14.6 Å². The second-order valence-corrected chi connectivity index (χ2v) is 11.8. The molecule has 2 aromatic rings. The van der Waals surface area contributed by atoms with Crippen molar-refractivity contribution in [3.8, 4) is 5.75 Å². The summed E-state index contributed by atoms with van der Waals surface area (Å²) in [6.07, 6.45) is 1.71. The Kier molecular flexibility index (Phi) is 2.41. The van der Waals surface area contributed by atoms with Crippen LogP contribution in [0.4, 0.5) is 0 Å². The Morgan fingerprint density at radius 1 is 1.21 bits per heavy atom. The largest absolute Gasteiger partial charge is 0.488 e. The summed E-state index contributed by atoms with van der Waals surface area (Å²) >= 11 is 1.62. The average molecular weight is 409 g/mol. The van der Waals surface area contributed by atoms with Crippen LogP contribution in [-0.4, -0.2) is 33.2 Å². The number of carbonyl (C=O) groups excluding carboxylic acids is 1. The molecule has 0 atom stereocenters. The highest BCUT2D eigenvalue weighted by Crippen LogP contribution is 3.08. The first-order chi connectivity index (χ1) is 13.9. The third-order valence-electron chi connectivity index (χ3n) is 10.1. The van der Waals surface area contributed by atoms with Crippen LogP contribution in [0.1, 0.15) is 26.7 Å². The minimum atomic E-state index is -0.550. The Morgan fingerprint density at radius 2 is 1.90 bits per heavy atom. The highest BCUT2D eigenvalue weighted by atomic mass is 32.1. The fourth-order valence-corrected chi connectivity index (χ4v) is 10.0. The lowest BCUT2D eigenvalue weighted by Crippen LogP contribution is -3.17. The number of ether oxygens (including phenoxy) is 1. The molecule has 7 fully saturated rings. The molecule has 0 saturated heterocycles. The third kappa shape index (κ3) is 1.33. The second-order valence-electron chi connectivity index (χ2n) is 10.9. The van der Waals surface area contributed by atoms with Gasteiger partial charge in [0.1, 0.15) is 17.4 Å². The Bertz CT molecular complexity index is 1060. The van der Waals surface area contributed by atoms with Gasteiger partial charge in [0, 0.05) is 11.3 Å². The zero-order valence-corrected chi connectivity index (χ0v) is 17.3. The fraction of sp³-hybridized carbons (Fsp3) is 0.652. The Morgan fingerprint density at radius 3 is 2.55 bits per heavy atom. The number of aliphatic hydroxyl groups is 1. The number of hydrogen-bond acceptors (Lipinski definition) is 5. The predicted octanol–water partition coefficient (Wildman–Crippen LogP) is 2.83. The molecule has 1 heterocycles. The first-order valence-electron chi connectivity index (χ1n) is 10.9. The maximum Gasteiger partial charge on any atom is 0.223 e. The summed E-state index contributed by atoms with van der Waals surface area (Å²) in [5, 5.41) is 14.2. The molecule has 1 aromatic carbocycles. The first kappa shape index (κ1) is 16.1. The molecular weight excluding hydrogens is 384 g/mol. The van der Waals surface area contributed by atoms with Crippen LogP contribution in [0.2, 0.25) is 0 Å². The van der Waals surface area contributed by atoms with Crippen molar-refractivity contribution >= 4 is 27.5 Å². The number of thiazole rings is 1. The molecular formula is C23H24N2O3S. The lowest BCUT2D eigenvalue weighted by atomic mass is 8.93. The van der Waals surface area contributed by atoms with Gasteiger partial charge >= 0.3 is 0 Å². The molecule has 1 aromatic heterocycles. The standard InChI is InChI=1S/C23H24N2O3S/c1-21(2,27)22-13-16-14(22)18-15(22)17(13)23(16,18)25-20(26)9-6-10(7-9)28-11-4-3-5-12-19(11)24-8-29-12/h3-5,8-10,13-18,27H,6-7H2,1-2H3,(H,25,26). The Labute approximate surface area is 172 Å². The molecule has 9 rings (SSSR count). The van der Waals surface area contributed by atoms with Crippen LogP contribution in [-0.2, 0) is 4.79 Å². The van der Waals surface area contributed by atoms with Gasteiger partial charge in [-0.25, -0.2) is 4.98 Å². The Hall–Kier alpha value is -1.66. The molecule has 150 valence electrons. The molecule has 0 aliphatic heterocycles. The number of carbonyl (C=O) groups is 1. The van der Waals surface area contributed by atoms with Crippen LogP contribution in [0.15, 0.2) is 23.7 Å². The zero-order valence-electron chi connectivity index (χ0n) is 16.5. The van der Waals surface area contributed by atoms with Gasteiger partial charge in [-0.1, -0.05) is 6.07 Å². The molecule has 0 bridgehead atoms. The van der Waals surface area contributed by atoms with E-state index in [2.05, 4.69) is 16.4 Å². The van der Waals surface area contributed by atoms with E-state index < -0.39 is 5.60 Å². The number of nitrogens with one attached hydrogen (secondary N) is 1. The van der Waals surface area contributed by atoms with Crippen LogP contribution >= 0.6 is 11.3 Å². The van der Waals surface area contributed by atoms with Gasteiger partial charge in [0.05, 0.1) is 21.4 Å². The molecule has 0 spiro atoms. The van der Waals surface area contributed by atoms with Gasteiger partial charge < -0.3 is 15.2 Å². The monoisotopic (exact) mass is 408 g/mol. The van der Waals surface area contributed by atoms with Crippen molar-refractivity contribution in [2.45, 2.75) is 43.9 Å². The molecule has 7 saturated carbocycles. The van der Waals surface area contributed by atoms with Crippen molar-refractivity contribution in [3.05, 3.63) is 23.7 Å². The summed E-state index contributed by atoms with van der Waals surface area (Å²) in [6, 6.07) is 6.04. The smallest absolute Gasteiger partial charge is 0.223 e. The van der Waals surface area contributed by atoms with E-state index in [1.807, 2.05) is 31.5 Å². The molecule has 0 unspecified atom stereocenters. The van der Waals surface area contributed by atoms with Crippen molar-refractivity contribution in [1.29, 1.82) is 0 Å². The zero-order chi connectivity index (χ0) is 19.5. The van der Waals surface area contributed by atoms with Gasteiger partial charge in [-0.3, -0.25) is 4.79 Å². The SMILES string of the molecule is CC(C)(O)C12C3C4C1C1C2C3C41NC(=O)C1CC(Oc2cccc3scnc23)C1. The van der Waals surface area contributed by atoms with Gasteiger partial charge in [0.25, 0.3) is 0 Å². The summed E-state index contributed by atoms with van der Waals surface area (Å²) in [4.78, 5) is 17.3. The lowest BCUT2D eigenvalue weighted by molar-refractivity contribution is -0.645. The van der Waals surface area contributed by atoms with E-state index in [1.54, 1.807) is 11.3 Å². The molecule has 7 aliphatic carbocycles. The van der Waals surface area contributed by atoms with Crippen LogP contribution in [0.3, 0.4) is 0 Å². The average Bonchev–Trinajstić information content (AvgIpc) is 3.13. The van der Waals surface area contributed by atoms with Gasteiger partial charge in [0.2, 0.25) is 5.91 Å². The summed E-state index contributed by atoms with van der Waals surface area (Å²) in [5.41, 5.74) is 2.57. The third-order valence-corrected chi connectivity index (χ3v) is 10.9. The molecule has 0 radical (unpaired) electrons. The fourth-order valence-electron chi connectivity index (χ4n) is 9.33. The molecule has 6 heteroatoms. The number of aromatic nitrogens is 1. The normalized spacial score (nSPS) is 51.4. The highest BCUT2D eigenvalue weighted by Gasteiger charge is 3.11. The van der Waals surface area contributed by atoms with Crippen LogP contribution in [0, 0.1) is 46.8 Å². The molecule has 7 aliphatic rings. The van der Waals surface area contributed by atoms with Gasteiger partial charge in [-0.15, -0.1) is 11.3 Å². The van der Waals surface area contributed by atoms with Gasteiger partial charge in [-0.2, -0.15) is 0 Å². The predicted molar refractivity (Wildman–Crippen MR) is 107 cm³/mol. The van der Waals surface area contributed by atoms with Crippen LogP contribution in [0.5, 0.6) is 5.75 Å².